The predicted molar refractivity (Wildman–Crippen MR) is 108 cm³/mol. The van der Waals surface area contributed by atoms with Crippen molar-refractivity contribution < 1.29 is 19.1 Å². The van der Waals surface area contributed by atoms with E-state index in [1.807, 2.05) is 55.5 Å². The Kier molecular flexibility index (Phi) is 6.07. The van der Waals surface area contributed by atoms with Gasteiger partial charge < -0.3 is 14.8 Å². The van der Waals surface area contributed by atoms with E-state index >= 15 is 0 Å². The molecule has 28 heavy (non-hydrogen) atoms. The summed E-state index contributed by atoms with van der Waals surface area (Å²) in [5.41, 5.74) is 1.93. The molecule has 0 aliphatic heterocycles. The maximum Gasteiger partial charge on any atom is 0.339 e. The van der Waals surface area contributed by atoms with Gasteiger partial charge in [-0.2, -0.15) is 0 Å². The molecule has 1 amide bonds. The first kappa shape index (κ1) is 19.2. The normalized spacial score (nSPS) is 11.4. The molecule has 3 aromatic carbocycles. The zero-order chi connectivity index (χ0) is 19.9. The van der Waals surface area contributed by atoms with Crippen LogP contribution in [-0.2, 0) is 9.53 Å². The van der Waals surface area contributed by atoms with Gasteiger partial charge in [-0.25, -0.2) is 4.79 Å². The number of hydrogen-bond donors (Lipinski definition) is 1. The van der Waals surface area contributed by atoms with Crippen LogP contribution in [0.2, 0.25) is 0 Å². The summed E-state index contributed by atoms with van der Waals surface area (Å²) in [6.45, 7) is 3.43. The molecule has 1 atom stereocenters. The van der Waals surface area contributed by atoms with Crippen LogP contribution in [0, 0.1) is 6.92 Å². The lowest BCUT2D eigenvalue weighted by atomic mass is 10.2. The number of nitrogens with one attached hydrogen (secondary N) is 1. The molecular weight excluding hydrogens is 354 g/mol. The van der Waals surface area contributed by atoms with Crippen LogP contribution in [0.4, 0.5) is 5.69 Å². The van der Waals surface area contributed by atoms with Gasteiger partial charge in [0.1, 0.15) is 11.5 Å². The SMILES string of the molecule is Cc1ccccc1NC(=O)C(C)OC(=O)c1cccc(Oc2ccccc2)c1. The Morgan fingerprint density at radius 2 is 1.54 bits per heavy atom. The first-order valence-electron chi connectivity index (χ1n) is 8.93. The molecule has 1 unspecified atom stereocenters. The molecule has 0 heterocycles. The molecule has 0 aromatic heterocycles. The number of carbonyl (C=O) groups is 2. The van der Waals surface area contributed by atoms with Crippen LogP contribution in [0.5, 0.6) is 11.5 Å². The molecule has 0 fully saturated rings. The molecule has 0 radical (unpaired) electrons. The summed E-state index contributed by atoms with van der Waals surface area (Å²) in [4.78, 5) is 24.8. The van der Waals surface area contributed by atoms with Crippen LogP contribution >= 0.6 is 0 Å². The number of esters is 1. The predicted octanol–water partition coefficient (Wildman–Crippen LogP) is 4.97. The number of ether oxygens (including phenoxy) is 2. The molecule has 0 spiro atoms. The lowest BCUT2D eigenvalue weighted by molar-refractivity contribution is -0.123. The fourth-order valence-electron chi connectivity index (χ4n) is 2.54. The van der Waals surface area contributed by atoms with Crippen molar-refractivity contribution >= 4 is 17.6 Å². The van der Waals surface area contributed by atoms with Crippen molar-refractivity contribution in [2.45, 2.75) is 20.0 Å². The van der Waals surface area contributed by atoms with Crippen molar-refractivity contribution in [1.29, 1.82) is 0 Å². The Morgan fingerprint density at radius 3 is 2.29 bits per heavy atom. The van der Waals surface area contributed by atoms with Crippen molar-refractivity contribution in [3.8, 4) is 11.5 Å². The summed E-state index contributed by atoms with van der Waals surface area (Å²) in [7, 11) is 0. The Bertz CT molecular complexity index is 969. The smallest absolute Gasteiger partial charge is 0.339 e. The highest BCUT2D eigenvalue weighted by Crippen LogP contribution is 2.22. The summed E-state index contributed by atoms with van der Waals surface area (Å²) in [6.07, 6.45) is -0.939. The maximum absolute atomic E-state index is 12.4. The van der Waals surface area contributed by atoms with E-state index in [9.17, 15) is 9.59 Å². The van der Waals surface area contributed by atoms with Gasteiger partial charge in [-0.05, 0) is 55.8 Å². The van der Waals surface area contributed by atoms with Crippen LogP contribution in [0.25, 0.3) is 0 Å². The summed E-state index contributed by atoms with van der Waals surface area (Å²) in [6, 6.07) is 23.3. The van der Waals surface area contributed by atoms with Crippen molar-refractivity contribution in [3.05, 3.63) is 90.0 Å². The number of hydrogen-bond acceptors (Lipinski definition) is 4. The fraction of sp³-hybridized carbons (Fsp3) is 0.130. The Morgan fingerprint density at radius 1 is 0.857 bits per heavy atom. The number of para-hydroxylation sites is 2. The summed E-state index contributed by atoms with van der Waals surface area (Å²) >= 11 is 0. The molecular formula is C23H21NO4. The Hall–Kier alpha value is -3.60. The van der Waals surface area contributed by atoms with Crippen molar-refractivity contribution in [2.24, 2.45) is 0 Å². The van der Waals surface area contributed by atoms with E-state index in [-0.39, 0.29) is 5.91 Å². The molecule has 1 N–H and O–H groups in total. The van der Waals surface area contributed by atoms with Gasteiger partial charge in [0.25, 0.3) is 5.91 Å². The first-order chi connectivity index (χ1) is 13.5. The van der Waals surface area contributed by atoms with Gasteiger partial charge in [0, 0.05) is 5.69 Å². The van der Waals surface area contributed by atoms with E-state index in [1.165, 1.54) is 6.92 Å². The third-order valence-electron chi connectivity index (χ3n) is 4.10. The number of anilines is 1. The van der Waals surface area contributed by atoms with Gasteiger partial charge in [-0.1, -0.05) is 42.5 Å². The van der Waals surface area contributed by atoms with Crippen LogP contribution in [0.1, 0.15) is 22.8 Å². The van der Waals surface area contributed by atoms with Gasteiger partial charge in [0.15, 0.2) is 6.10 Å². The highest BCUT2D eigenvalue weighted by molar-refractivity contribution is 5.97. The molecule has 0 bridgehead atoms. The van der Waals surface area contributed by atoms with Crippen molar-refractivity contribution in [2.75, 3.05) is 5.32 Å². The molecule has 0 aliphatic rings. The quantitative estimate of drug-likeness (QED) is 0.618. The first-order valence-corrected chi connectivity index (χ1v) is 8.93. The second kappa shape index (κ2) is 8.86. The number of rotatable bonds is 6. The molecule has 3 rings (SSSR count). The zero-order valence-electron chi connectivity index (χ0n) is 15.7. The summed E-state index contributed by atoms with van der Waals surface area (Å²) in [5, 5.41) is 2.77. The Labute approximate surface area is 163 Å². The molecule has 5 nitrogen and oxygen atoms in total. The van der Waals surface area contributed by atoms with Gasteiger partial charge in [0.05, 0.1) is 5.56 Å². The minimum absolute atomic E-state index is 0.309. The molecule has 0 aliphatic carbocycles. The van der Waals surface area contributed by atoms with Crippen LogP contribution in [0.15, 0.2) is 78.9 Å². The van der Waals surface area contributed by atoms with Gasteiger partial charge in [-0.15, -0.1) is 0 Å². The second-order valence-corrected chi connectivity index (χ2v) is 6.29. The standard InChI is InChI=1S/C23H21NO4/c1-16-9-6-7-14-21(16)24-22(25)17(2)27-23(26)18-10-8-13-20(15-18)28-19-11-4-3-5-12-19/h3-15,17H,1-2H3,(H,24,25). The van der Waals surface area contributed by atoms with E-state index in [2.05, 4.69) is 5.32 Å². The van der Waals surface area contributed by atoms with Crippen LogP contribution in [-0.4, -0.2) is 18.0 Å². The Balaban J connectivity index is 1.63. The summed E-state index contributed by atoms with van der Waals surface area (Å²) in [5.74, 6) is 0.196. The highest BCUT2D eigenvalue weighted by Gasteiger charge is 2.20. The van der Waals surface area contributed by atoms with Gasteiger partial charge in [0.2, 0.25) is 0 Å². The monoisotopic (exact) mass is 375 g/mol. The number of benzene rings is 3. The lowest BCUT2D eigenvalue weighted by Gasteiger charge is -2.15. The summed E-state index contributed by atoms with van der Waals surface area (Å²) < 4.78 is 11.0. The fourth-order valence-corrected chi connectivity index (χ4v) is 2.54. The zero-order valence-corrected chi connectivity index (χ0v) is 15.7. The van der Waals surface area contributed by atoms with Crippen molar-refractivity contribution in [1.82, 2.24) is 0 Å². The van der Waals surface area contributed by atoms with Crippen LogP contribution < -0.4 is 10.1 Å². The molecule has 0 saturated carbocycles. The largest absolute Gasteiger partial charge is 0.457 e. The number of carbonyl (C=O) groups excluding carboxylic acids is 2. The van der Waals surface area contributed by atoms with Gasteiger partial charge >= 0.3 is 5.97 Å². The van der Waals surface area contributed by atoms with Crippen molar-refractivity contribution in [3.63, 3.8) is 0 Å². The third-order valence-corrected chi connectivity index (χ3v) is 4.10. The van der Waals surface area contributed by atoms with E-state index < -0.39 is 12.1 Å². The number of amides is 1. The molecule has 142 valence electrons. The molecule has 3 aromatic rings. The second-order valence-electron chi connectivity index (χ2n) is 6.29. The van der Waals surface area contributed by atoms with E-state index in [0.717, 1.165) is 5.56 Å². The molecule has 5 heteroatoms. The van der Waals surface area contributed by atoms with E-state index in [0.29, 0.717) is 22.7 Å². The minimum atomic E-state index is -0.939. The topological polar surface area (TPSA) is 64.6 Å². The average molecular weight is 375 g/mol. The van der Waals surface area contributed by atoms with E-state index in [4.69, 9.17) is 9.47 Å². The van der Waals surface area contributed by atoms with Crippen LogP contribution in [0.3, 0.4) is 0 Å². The lowest BCUT2D eigenvalue weighted by Crippen LogP contribution is -2.30. The highest BCUT2D eigenvalue weighted by atomic mass is 16.5. The number of aryl methyl sites for hydroxylation is 1. The maximum atomic E-state index is 12.4. The molecule has 0 saturated heterocycles. The van der Waals surface area contributed by atoms with Gasteiger partial charge in [-0.3, -0.25) is 4.79 Å². The van der Waals surface area contributed by atoms with E-state index in [1.54, 1.807) is 30.3 Å². The average Bonchev–Trinajstić information content (AvgIpc) is 2.70. The third kappa shape index (κ3) is 4.98. The minimum Gasteiger partial charge on any atom is -0.457 e.